The minimum atomic E-state index is -0.818. The van der Waals surface area contributed by atoms with Crippen LogP contribution in [0, 0.1) is 11.8 Å². The third-order valence-corrected chi connectivity index (χ3v) is 5.36. The molecule has 0 aromatic rings. The molecule has 1 heterocycles. The average molecular weight is 285 g/mol. The maximum absolute atomic E-state index is 12.2. The van der Waals surface area contributed by atoms with E-state index in [4.69, 9.17) is 0 Å². The Hall–Kier alpha value is -0.710. The molecule has 0 radical (unpaired) electrons. The Morgan fingerprint density at radius 1 is 1.37 bits per heavy atom. The number of hydrogen-bond donors (Lipinski definition) is 1. The molecule has 0 bridgehead atoms. The van der Waals surface area contributed by atoms with Gasteiger partial charge in [-0.25, -0.2) is 4.79 Å². The zero-order valence-corrected chi connectivity index (χ0v) is 12.3. The third kappa shape index (κ3) is 3.25. The van der Waals surface area contributed by atoms with Gasteiger partial charge in [0.15, 0.2) is 0 Å². The third-order valence-electron chi connectivity index (χ3n) is 4.33. The monoisotopic (exact) mass is 285 g/mol. The molecule has 1 N–H and O–H groups in total. The van der Waals surface area contributed by atoms with E-state index in [1.54, 1.807) is 16.7 Å². The van der Waals surface area contributed by atoms with Crippen LogP contribution in [0.1, 0.15) is 39.0 Å². The summed E-state index contributed by atoms with van der Waals surface area (Å²) in [6.07, 6.45) is 5.42. The normalized spacial score (nSPS) is 29.5. The summed E-state index contributed by atoms with van der Waals surface area (Å²) in [6.45, 7) is 2.79. The molecule has 108 valence electrons. The van der Waals surface area contributed by atoms with E-state index in [9.17, 15) is 14.7 Å². The molecule has 3 atom stereocenters. The van der Waals surface area contributed by atoms with E-state index in [-0.39, 0.29) is 11.8 Å². The first-order valence-corrected chi connectivity index (χ1v) is 8.40. The van der Waals surface area contributed by atoms with Crippen LogP contribution in [-0.2, 0) is 9.59 Å². The summed E-state index contributed by atoms with van der Waals surface area (Å²) in [5.41, 5.74) is 0. The van der Waals surface area contributed by atoms with Crippen molar-refractivity contribution >= 4 is 23.6 Å². The van der Waals surface area contributed by atoms with E-state index in [1.165, 1.54) is 0 Å². The Labute approximate surface area is 118 Å². The minimum Gasteiger partial charge on any atom is -0.480 e. The number of likely N-dealkylation sites (tertiary alicyclic amines) is 1. The molecule has 2 fully saturated rings. The number of carbonyl (C=O) groups excluding carboxylic acids is 1. The molecule has 4 nitrogen and oxygen atoms in total. The molecule has 1 saturated heterocycles. The van der Waals surface area contributed by atoms with Crippen molar-refractivity contribution in [2.75, 3.05) is 18.1 Å². The number of rotatable bonds is 6. The highest BCUT2D eigenvalue weighted by Crippen LogP contribution is 2.42. The van der Waals surface area contributed by atoms with Gasteiger partial charge in [0.2, 0.25) is 5.91 Å². The maximum Gasteiger partial charge on any atom is 0.326 e. The van der Waals surface area contributed by atoms with Crippen LogP contribution in [0.2, 0.25) is 0 Å². The number of carboxylic acid groups (broad SMARTS) is 1. The van der Waals surface area contributed by atoms with Gasteiger partial charge in [0, 0.05) is 6.54 Å². The Morgan fingerprint density at radius 3 is 2.84 bits per heavy atom. The van der Waals surface area contributed by atoms with Crippen LogP contribution >= 0.6 is 11.8 Å². The number of amides is 1. The van der Waals surface area contributed by atoms with Crippen molar-refractivity contribution in [1.82, 2.24) is 4.90 Å². The number of fused-ring (bicyclic) bond motifs is 1. The van der Waals surface area contributed by atoms with Gasteiger partial charge >= 0.3 is 5.97 Å². The van der Waals surface area contributed by atoms with Gasteiger partial charge in [-0.2, -0.15) is 11.8 Å². The van der Waals surface area contributed by atoms with E-state index in [2.05, 4.69) is 6.92 Å². The van der Waals surface area contributed by atoms with Crippen LogP contribution in [0.3, 0.4) is 0 Å². The minimum absolute atomic E-state index is 0.0166. The second-order valence-corrected chi connectivity index (χ2v) is 6.70. The fourth-order valence-electron chi connectivity index (χ4n) is 3.37. The highest BCUT2D eigenvalue weighted by molar-refractivity contribution is 7.99. The standard InChI is InChI=1S/C14H23NO3S/c1-2-3-7-19-9-12(16)15-8-10-5-4-6-11(10)13(15)14(17)18/h10-11,13H,2-9H2,1H3,(H,17,18). The van der Waals surface area contributed by atoms with Crippen LogP contribution in [0.5, 0.6) is 0 Å². The first-order valence-electron chi connectivity index (χ1n) is 7.25. The van der Waals surface area contributed by atoms with Crippen molar-refractivity contribution in [1.29, 1.82) is 0 Å². The zero-order valence-electron chi connectivity index (χ0n) is 11.5. The Balaban J connectivity index is 1.91. The van der Waals surface area contributed by atoms with Crippen LogP contribution in [-0.4, -0.2) is 46.0 Å². The van der Waals surface area contributed by atoms with Crippen molar-refractivity contribution < 1.29 is 14.7 Å². The summed E-state index contributed by atoms with van der Waals surface area (Å²) in [4.78, 5) is 25.3. The quantitative estimate of drug-likeness (QED) is 0.760. The molecule has 1 aliphatic heterocycles. The molecule has 0 aromatic carbocycles. The SMILES string of the molecule is CCCCSCC(=O)N1CC2CCCC2C1C(=O)O. The molecule has 1 aliphatic carbocycles. The summed E-state index contributed by atoms with van der Waals surface area (Å²) in [5.74, 6) is 1.24. The van der Waals surface area contributed by atoms with E-state index in [1.807, 2.05) is 0 Å². The first-order chi connectivity index (χ1) is 9.15. The molecule has 2 aliphatic rings. The van der Waals surface area contributed by atoms with Crippen LogP contribution in [0.4, 0.5) is 0 Å². The average Bonchev–Trinajstić information content (AvgIpc) is 2.93. The number of nitrogens with zero attached hydrogens (tertiary/aromatic N) is 1. The lowest BCUT2D eigenvalue weighted by Crippen LogP contribution is -2.44. The number of carboxylic acids is 1. The van der Waals surface area contributed by atoms with Crippen molar-refractivity contribution in [2.24, 2.45) is 11.8 Å². The van der Waals surface area contributed by atoms with Crippen LogP contribution in [0.25, 0.3) is 0 Å². The summed E-state index contributed by atoms with van der Waals surface area (Å²) in [6, 6.07) is -0.563. The topological polar surface area (TPSA) is 57.6 Å². The fraction of sp³-hybridized carbons (Fsp3) is 0.857. The summed E-state index contributed by atoms with van der Waals surface area (Å²) >= 11 is 1.63. The number of unbranched alkanes of at least 4 members (excludes halogenated alkanes) is 1. The predicted molar refractivity (Wildman–Crippen MR) is 76.2 cm³/mol. The van der Waals surface area contributed by atoms with E-state index in [0.29, 0.717) is 18.2 Å². The first kappa shape index (κ1) is 14.7. The predicted octanol–water partition coefficient (Wildman–Crippen LogP) is 2.23. The second-order valence-electron chi connectivity index (χ2n) is 5.59. The van der Waals surface area contributed by atoms with Gasteiger partial charge < -0.3 is 10.0 Å². The largest absolute Gasteiger partial charge is 0.480 e. The molecule has 2 rings (SSSR count). The van der Waals surface area contributed by atoms with E-state index < -0.39 is 12.0 Å². The van der Waals surface area contributed by atoms with Gasteiger partial charge in [0.25, 0.3) is 0 Å². The van der Waals surface area contributed by atoms with E-state index >= 15 is 0 Å². The molecular formula is C14H23NO3S. The van der Waals surface area contributed by atoms with Gasteiger partial charge in [-0.1, -0.05) is 19.8 Å². The Morgan fingerprint density at radius 2 is 2.16 bits per heavy atom. The van der Waals surface area contributed by atoms with Gasteiger partial charge in [0.1, 0.15) is 6.04 Å². The Kier molecular flexibility index (Phi) is 5.13. The van der Waals surface area contributed by atoms with Crippen molar-refractivity contribution in [3.05, 3.63) is 0 Å². The highest BCUT2D eigenvalue weighted by atomic mass is 32.2. The maximum atomic E-state index is 12.2. The summed E-state index contributed by atoms with van der Waals surface area (Å²) in [7, 11) is 0. The van der Waals surface area contributed by atoms with Crippen molar-refractivity contribution in [3.63, 3.8) is 0 Å². The van der Waals surface area contributed by atoms with Gasteiger partial charge in [-0.3, -0.25) is 4.79 Å². The van der Waals surface area contributed by atoms with Crippen LogP contribution in [0.15, 0.2) is 0 Å². The van der Waals surface area contributed by atoms with Gasteiger partial charge in [-0.05, 0) is 36.9 Å². The van der Waals surface area contributed by atoms with E-state index in [0.717, 1.165) is 37.9 Å². The van der Waals surface area contributed by atoms with Crippen molar-refractivity contribution in [2.45, 2.75) is 45.1 Å². The highest BCUT2D eigenvalue weighted by Gasteiger charge is 2.49. The van der Waals surface area contributed by atoms with Gasteiger partial charge in [0.05, 0.1) is 5.75 Å². The molecule has 19 heavy (non-hydrogen) atoms. The summed E-state index contributed by atoms with van der Waals surface area (Å²) in [5, 5.41) is 9.39. The zero-order chi connectivity index (χ0) is 13.8. The van der Waals surface area contributed by atoms with Gasteiger partial charge in [-0.15, -0.1) is 0 Å². The summed E-state index contributed by atoms with van der Waals surface area (Å²) < 4.78 is 0. The van der Waals surface area contributed by atoms with Crippen LogP contribution < -0.4 is 0 Å². The van der Waals surface area contributed by atoms with Crippen molar-refractivity contribution in [3.8, 4) is 0 Å². The molecule has 1 saturated carbocycles. The lowest BCUT2D eigenvalue weighted by molar-refractivity contribution is -0.148. The molecule has 5 heteroatoms. The lowest BCUT2D eigenvalue weighted by Gasteiger charge is -2.24. The molecule has 0 aromatic heterocycles. The Bertz CT molecular complexity index is 348. The molecule has 0 spiro atoms. The lowest BCUT2D eigenvalue weighted by atomic mass is 9.94. The smallest absolute Gasteiger partial charge is 0.326 e. The fourth-order valence-corrected chi connectivity index (χ4v) is 4.34. The number of thioether (sulfide) groups is 1. The number of aliphatic carboxylic acids is 1. The second kappa shape index (κ2) is 6.64. The molecule has 3 unspecified atom stereocenters. The molecular weight excluding hydrogens is 262 g/mol. The molecule has 1 amide bonds. The number of hydrogen-bond acceptors (Lipinski definition) is 3. The number of carbonyl (C=O) groups is 2.